The van der Waals surface area contributed by atoms with Crippen molar-refractivity contribution >= 4 is 11.6 Å². The van der Waals surface area contributed by atoms with E-state index in [0.717, 1.165) is 50.1 Å². The van der Waals surface area contributed by atoms with E-state index >= 15 is 0 Å². The van der Waals surface area contributed by atoms with Gasteiger partial charge in [0.05, 0.1) is 12.1 Å². The largest absolute Gasteiger partial charge is 0.399 e. The Hall–Kier alpha value is -2.37. The molecule has 5 heteroatoms. The number of morpholine rings is 1. The van der Waals surface area contributed by atoms with E-state index in [1.54, 1.807) is 0 Å². The van der Waals surface area contributed by atoms with Crippen molar-refractivity contribution in [2.24, 2.45) is 0 Å². The Morgan fingerprint density at radius 1 is 1.00 bits per heavy atom. The Morgan fingerprint density at radius 2 is 1.75 bits per heavy atom. The quantitative estimate of drug-likeness (QED) is 0.812. The fraction of sp³-hybridized carbons (Fsp3) is 0.435. The van der Waals surface area contributed by atoms with Gasteiger partial charge in [0.25, 0.3) is 0 Å². The third-order valence-corrected chi connectivity index (χ3v) is 5.98. The van der Waals surface area contributed by atoms with Crippen LogP contribution in [0.5, 0.6) is 0 Å². The summed E-state index contributed by atoms with van der Waals surface area (Å²) in [5.74, 6) is 0.0690. The molecule has 1 amide bonds. The van der Waals surface area contributed by atoms with Crippen molar-refractivity contribution in [3.63, 3.8) is 0 Å². The fourth-order valence-electron chi connectivity index (χ4n) is 4.26. The topological polar surface area (TPSA) is 58.8 Å². The summed E-state index contributed by atoms with van der Waals surface area (Å²) in [5.41, 5.74) is 8.89. The summed E-state index contributed by atoms with van der Waals surface area (Å²) in [5, 5.41) is 0. The first-order valence-corrected chi connectivity index (χ1v) is 10.1. The molecule has 0 radical (unpaired) electrons. The van der Waals surface area contributed by atoms with Crippen molar-refractivity contribution in [2.75, 3.05) is 38.5 Å². The van der Waals surface area contributed by atoms with Gasteiger partial charge in [-0.05, 0) is 42.5 Å². The molecule has 28 heavy (non-hydrogen) atoms. The number of nitrogen functional groups attached to an aromatic ring is 1. The van der Waals surface area contributed by atoms with E-state index in [9.17, 15) is 4.79 Å². The van der Waals surface area contributed by atoms with Gasteiger partial charge in [0, 0.05) is 31.9 Å². The van der Waals surface area contributed by atoms with Crippen LogP contribution >= 0.6 is 0 Å². The number of carbonyl (C=O) groups excluding carboxylic acids is 1. The monoisotopic (exact) mass is 379 g/mol. The SMILES string of the molecule is Nc1cccc(CN2CC3(CCN(CCc4ccccc4)CC3)OCC2=O)c1. The lowest BCUT2D eigenvalue weighted by Crippen LogP contribution is -2.58. The molecule has 2 saturated heterocycles. The molecule has 0 aromatic heterocycles. The Balaban J connectivity index is 1.32. The van der Waals surface area contributed by atoms with Gasteiger partial charge in [0.15, 0.2) is 0 Å². The zero-order valence-electron chi connectivity index (χ0n) is 16.3. The maximum Gasteiger partial charge on any atom is 0.248 e. The highest BCUT2D eigenvalue weighted by Gasteiger charge is 2.42. The van der Waals surface area contributed by atoms with E-state index in [1.165, 1.54) is 5.56 Å². The summed E-state index contributed by atoms with van der Waals surface area (Å²) in [7, 11) is 0. The Bertz CT molecular complexity index is 801. The van der Waals surface area contributed by atoms with E-state index in [1.807, 2.05) is 29.2 Å². The number of nitrogens with two attached hydrogens (primary N) is 1. The Kier molecular flexibility index (Phi) is 5.64. The number of hydrogen-bond donors (Lipinski definition) is 1. The number of nitrogens with zero attached hydrogens (tertiary/aromatic N) is 2. The molecule has 2 aromatic rings. The predicted molar refractivity (Wildman–Crippen MR) is 111 cm³/mol. The summed E-state index contributed by atoms with van der Waals surface area (Å²) in [4.78, 5) is 16.8. The van der Waals surface area contributed by atoms with Crippen molar-refractivity contribution in [3.8, 4) is 0 Å². The minimum atomic E-state index is -0.197. The lowest BCUT2D eigenvalue weighted by molar-refractivity contribution is -0.172. The van der Waals surface area contributed by atoms with E-state index in [-0.39, 0.29) is 18.1 Å². The average molecular weight is 380 g/mol. The van der Waals surface area contributed by atoms with Crippen molar-refractivity contribution in [1.29, 1.82) is 0 Å². The third-order valence-electron chi connectivity index (χ3n) is 5.98. The number of likely N-dealkylation sites (tertiary alicyclic amines) is 1. The van der Waals surface area contributed by atoms with Crippen LogP contribution in [0.4, 0.5) is 5.69 Å². The van der Waals surface area contributed by atoms with Gasteiger partial charge in [-0.3, -0.25) is 4.79 Å². The molecular formula is C23H29N3O2. The van der Waals surface area contributed by atoms with Crippen molar-refractivity contribution in [2.45, 2.75) is 31.4 Å². The molecule has 2 aromatic carbocycles. The van der Waals surface area contributed by atoms with Gasteiger partial charge >= 0.3 is 0 Å². The minimum Gasteiger partial charge on any atom is -0.399 e. The molecule has 2 N–H and O–H groups in total. The Labute approximate surface area is 167 Å². The number of ether oxygens (including phenoxy) is 1. The molecule has 4 rings (SSSR count). The summed E-state index contributed by atoms with van der Waals surface area (Å²) in [6.07, 6.45) is 3.03. The number of hydrogen-bond acceptors (Lipinski definition) is 4. The molecule has 2 fully saturated rings. The number of carbonyl (C=O) groups is 1. The van der Waals surface area contributed by atoms with E-state index in [0.29, 0.717) is 13.1 Å². The molecule has 2 heterocycles. The fourth-order valence-corrected chi connectivity index (χ4v) is 4.26. The van der Waals surface area contributed by atoms with Crippen LogP contribution in [0.2, 0.25) is 0 Å². The van der Waals surface area contributed by atoms with Gasteiger partial charge in [-0.15, -0.1) is 0 Å². The molecule has 0 saturated carbocycles. The van der Waals surface area contributed by atoms with Crippen molar-refractivity contribution in [1.82, 2.24) is 9.80 Å². The molecule has 2 aliphatic heterocycles. The maximum absolute atomic E-state index is 12.4. The van der Waals surface area contributed by atoms with Gasteiger partial charge in [-0.25, -0.2) is 0 Å². The summed E-state index contributed by atoms with van der Waals surface area (Å²) >= 11 is 0. The predicted octanol–water partition coefficient (Wildman–Crippen LogP) is 2.70. The molecular weight excluding hydrogens is 350 g/mol. The summed E-state index contributed by atoms with van der Waals surface area (Å²) in [6.45, 7) is 4.58. The number of piperidine rings is 1. The van der Waals surface area contributed by atoms with Gasteiger partial charge in [0.1, 0.15) is 6.61 Å². The second-order valence-electron chi connectivity index (χ2n) is 8.04. The highest BCUT2D eigenvalue weighted by atomic mass is 16.5. The summed E-state index contributed by atoms with van der Waals surface area (Å²) in [6, 6.07) is 18.4. The molecule has 0 bridgehead atoms. The van der Waals surface area contributed by atoms with E-state index in [4.69, 9.17) is 10.5 Å². The van der Waals surface area contributed by atoms with Crippen LogP contribution < -0.4 is 5.73 Å². The first-order valence-electron chi connectivity index (χ1n) is 10.1. The number of anilines is 1. The normalized spacial score (nSPS) is 19.9. The van der Waals surface area contributed by atoms with Crippen LogP contribution in [-0.2, 0) is 22.5 Å². The average Bonchev–Trinajstić information content (AvgIpc) is 2.71. The number of amides is 1. The van der Waals surface area contributed by atoms with Gasteiger partial charge in [0.2, 0.25) is 5.91 Å². The van der Waals surface area contributed by atoms with Crippen LogP contribution in [0.1, 0.15) is 24.0 Å². The van der Waals surface area contributed by atoms with Crippen molar-refractivity contribution < 1.29 is 9.53 Å². The highest BCUT2D eigenvalue weighted by molar-refractivity contribution is 5.78. The zero-order chi connectivity index (χ0) is 19.4. The second-order valence-corrected chi connectivity index (χ2v) is 8.04. The third kappa shape index (κ3) is 4.54. The smallest absolute Gasteiger partial charge is 0.248 e. The van der Waals surface area contributed by atoms with Crippen LogP contribution in [-0.4, -0.2) is 54.1 Å². The van der Waals surface area contributed by atoms with Crippen LogP contribution in [0.3, 0.4) is 0 Å². The molecule has 5 nitrogen and oxygen atoms in total. The lowest BCUT2D eigenvalue weighted by Gasteiger charge is -2.47. The van der Waals surface area contributed by atoms with Crippen LogP contribution in [0, 0.1) is 0 Å². The molecule has 1 spiro atoms. The Morgan fingerprint density at radius 3 is 2.50 bits per heavy atom. The lowest BCUT2D eigenvalue weighted by atomic mass is 9.89. The molecule has 2 aliphatic rings. The second kappa shape index (κ2) is 8.33. The minimum absolute atomic E-state index is 0.0690. The van der Waals surface area contributed by atoms with Gasteiger partial charge in [-0.1, -0.05) is 42.5 Å². The standard InChI is InChI=1S/C23H29N3O2/c24-21-8-4-7-20(15-21)16-26-18-23(28-17-22(26)27)10-13-25(14-11-23)12-9-19-5-2-1-3-6-19/h1-8,15H,9-14,16-18,24H2. The van der Waals surface area contributed by atoms with Gasteiger partial charge < -0.3 is 20.3 Å². The van der Waals surface area contributed by atoms with Gasteiger partial charge in [-0.2, -0.15) is 0 Å². The van der Waals surface area contributed by atoms with E-state index in [2.05, 4.69) is 35.2 Å². The van der Waals surface area contributed by atoms with E-state index < -0.39 is 0 Å². The number of rotatable bonds is 5. The van der Waals surface area contributed by atoms with Crippen LogP contribution in [0.15, 0.2) is 54.6 Å². The first-order chi connectivity index (χ1) is 13.6. The molecule has 0 atom stereocenters. The summed E-state index contributed by atoms with van der Waals surface area (Å²) < 4.78 is 6.08. The first kappa shape index (κ1) is 19.0. The molecule has 148 valence electrons. The molecule has 0 aliphatic carbocycles. The van der Waals surface area contributed by atoms with Crippen molar-refractivity contribution in [3.05, 3.63) is 65.7 Å². The zero-order valence-corrected chi connectivity index (χ0v) is 16.3. The van der Waals surface area contributed by atoms with Crippen LogP contribution in [0.25, 0.3) is 0 Å². The molecule has 0 unspecified atom stereocenters. The maximum atomic E-state index is 12.4. The highest BCUT2D eigenvalue weighted by Crippen LogP contribution is 2.31. The number of benzene rings is 2.